The average Bonchev–Trinajstić information content (AvgIpc) is 2.82. The molecule has 0 aliphatic carbocycles. The summed E-state index contributed by atoms with van der Waals surface area (Å²) in [7, 11) is -3.62. The normalized spacial score (nSPS) is 21.1. The van der Waals surface area contributed by atoms with Gasteiger partial charge in [0.2, 0.25) is 10.0 Å². The first-order valence-electron chi connectivity index (χ1n) is 11.7. The number of halogens is 1. The molecule has 8 heteroatoms. The zero-order valence-electron chi connectivity index (χ0n) is 19.0. The van der Waals surface area contributed by atoms with Crippen LogP contribution in [-0.2, 0) is 16.6 Å². The molecule has 0 saturated carbocycles. The van der Waals surface area contributed by atoms with Gasteiger partial charge in [0, 0.05) is 43.8 Å². The lowest BCUT2D eigenvalue weighted by atomic mass is 10.0. The van der Waals surface area contributed by atoms with Crippen molar-refractivity contribution in [3.63, 3.8) is 0 Å². The van der Waals surface area contributed by atoms with E-state index in [1.54, 1.807) is 34.6 Å². The van der Waals surface area contributed by atoms with E-state index in [1.807, 2.05) is 6.92 Å². The lowest BCUT2D eigenvalue weighted by Gasteiger charge is -2.33. The van der Waals surface area contributed by atoms with Crippen molar-refractivity contribution in [2.24, 2.45) is 0 Å². The highest BCUT2D eigenvalue weighted by atomic mass is 32.2. The minimum atomic E-state index is -3.62. The molecule has 1 N–H and O–H groups in total. The summed E-state index contributed by atoms with van der Waals surface area (Å²) in [6.45, 7) is 4.90. The van der Waals surface area contributed by atoms with Crippen molar-refractivity contribution >= 4 is 15.9 Å². The number of carbonyl (C=O) groups excluding carboxylic acids is 1. The van der Waals surface area contributed by atoms with Gasteiger partial charge in [-0.3, -0.25) is 9.69 Å². The Labute approximate surface area is 195 Å². The van der Waals surface area contributed by atoms with Crippen LogP contribution < -0.4 is 5.32 Å². The molecule has 1 amide bonds. The molecule has 1 atom stereocenters. The highest BCUT2D eigenvalue weighted by molar-refractivity contribution is 7.89. The van der Waals surface area contributed by atoms with E-state index in [4.69, 9.17) is 0 Å². The molecule has 0 spiro atoms. The molecule has 4 rings (SSSR count). The Balaban J connectivity index is 1.34. The average molecular weight is 474 g/mol. The van der Waals surface area contributed by atoms with Crippen LogP contribution in [0, 0.1) is 5.82 Å². The molecule has 1 unspecified atom stereocenters. The van der Waals surface area contributed by atoms with Crippen molar-refractivity contribution in [2.75, 3.05) is 19.6 Å². The first kappa shape index (κ1) is 23.9. The maximum Gasteiger partial charge on any atom is 0.251 e. The third-order valence-electron chi connectivity index (χ3n) is 6.69. The number of rotatable bonds is 6. The number of benzene rings is 2. The number of hydrogen-bond donors (Lipinski definition) is 1. The van der Waals surface area contributed by atoms with Crippen LogP contribution in [0.25, 0.3) is 0 Å². The predicted octanol–water partition coefficient (Wildman–Crippen LogP) is 3.78. The number of carbonyl (C=O) groups is 1. The van der Waals surface area contributed by atoms with Gasteiger partial charge >= 0.3 is 0 Å². The number of nitrogens with one attached hydrogen (secondary N) is 1. The number of sulfonamides is 1. The fourth-order valence-electron chi connectivity index (χ4n) is 4.71. The van der Waals surface area contributed by atoms with E-state index in [0.29, 0.717) is 12.1 Å². The van der Waals surface area contributed by atoms with Gasteiger partial charge in [-0.2, -0.15) is 4.31 Å². The van der Waals surface area contributed by atoms with Gasteiger partial charge in [-0.25, -0.2) is 12.8 Å². The summed E-state index contributed by atoms with van der Waals surface area (Å²) >= 11 is 0. The van der Waals surface area contributed by atoms with Crippen molar-refractivity contribution in [3.8, 4) is 0 Å². The first-order valence-corrected chi connectivity index (χ1v) is 13.2. The number of likely N-dealkylation sites (tertiary alicyclic amines) is 1. The van der Waals surface area contributed by atoms with E-state index in [1.165, 1.54) is 18.2 Å². The molecule has 0 bridgehead atoms. The number of hydrogen-bond acceptors (Lipinski definition) is 4. The molecule has 178 valence electrons. The van der Waals surface area contributed by atoms with Gasteiger partial charge in [-0.1, -0.05) is 24.6 Å². The fourth-order valence-corrected chi connectivity index (χ4v) is 6.46. The summed E-state index contributed by atoms with van der Waals surface area (Å²) in [4.78, 5) is 15.3. The molecule has 2 aromatic carbocycles. The van der Waals surface area contributed by atoms with Crippen LogP contribution >= 0.6 is 0 Å². The maximum atomic E-state index is 13.1. The summed E-state index contributed by atoms with van der Waals surface area (Å²) in [5.41, 5.74) is 1.44. The monoisotopic (exact) mass is 473 g/mol. The second-order valence-electron chi connectivity index (χ2n) is 9.14. The largest absolute Gasteiger partial charge is 0.349 e. The summed E-state index contributed by atoms with van der Waals surface area (Å²) in [5, 5.41) is 3.07. The quantitative estimate of drug-likeness (QED) is 0.693. The van der Waals surface area contributed by atoms with Gasteiger partial charge in [-0.05, 0) is 68.5 Å². The minimum absolute atomic E-state index is 0.0265. The van der Waals surface area contributed by atoms with Crippen LogP contribution in [0.4, 0.5) is 4.39 Å². The zero-order chi connectivity index (χ0) is 23.4. The van der Waals surface area contributed by atoms with Gasteiger partial charge in [0.1, 0.15) is 5.82 Å². The van der Waals surface area contributed by atoms with Crippen molar-refractivity contribution < 1.29 is 17.6 Å². The molecule has 2 aliphatic heterocycles. The van der Waals surface area contributed by atoms with Gasteiger partial charge in [0.15, 0.2) is 0 Å². The Morgan fingerprint density at radius 2 is 1.76 bits per heavy atom. The van der Waals surface area contributed by atoms with E-state index in [2.05, 4.69) is 10.2 Å². The smallest absolute Gasteiger partial charge is 0.251 e. The molecule has 2 saturated heterocycles. The fraction of sp³-hybridized carbons (Fsp3) is 0.480. The van der Waals surface area contributed by atoms with Crippen molar-refractivity contribution in [2.45, 2.75) is 62.6 Å². The van der Waals surface area contributed by atoms with Crippen molar-refractivity contribution in [1.29, 1.82) is 0 Å². The first-order chi connectivity index (χ1) is 15.8. The third kappa shape index (κ3) is 5.80. The minimum Gasteiger partial charge on any atom is -0.349 e. The molecular weight excluding hydrogens is 441 g/mol. The topological polar surface area (TPSA) is 69.7 Å². The van der Waals surface area contributed by atoms with Crippen LogP contribution in [0.5, 0.6) is 0 Å². The lowest BCUT2D eigenvalue weighted by molar-refractivity contribution is 0.0908. The Kier molecular flexibility index (Phi) is 7.46. The Morgan fingerprint density at radius 1 is 1.03 bits per heavy atom. The molecular formula is C25H32FN3O3S. The Hall–Kier alpha value is -2.29. The highest BCUT2D eigenvalue weighted by Crippen LogP contribution is 2.25. The summed E-state index contributed by atoms with van der Waals surface area (Å²) < 4.78 is 40.9. The number of amides is 1. The van der Waals surface area contributed by atoms with E-state index in [9.17, 15) is 17.6 Å². The van der Waals surface area contributed by atoms with Gasteiger partial charge in [0.25, 0.3) is 5.91 Å². The number of nitrogens with zero attached hydrogens (tertiary/aromatic N) is 2. The molecule has 2 heterocycles. The van der Waals surface area contributed by atoms with E-state index < -0.39 is 10.0 Å². The van der Waals surface area contributed by atoms with Crippen LogP contribution in [0.1, 0.15) is 54.9 Å². The molecule has 0 radical (unpaired) electrons. The molecule has 0 aromatic heterocycles. The van der Waals surface area contributed by atoms with Gasteiger partial charge in [-0.15, -0.1) is 0 Å². The molecule has 2 aliphatic rings. The Bertz CT molecular complexity index is 1070. The van der Waals surface area contributed by atoms with E-state index in [-0.39, 0.29) is 28.7 Å². The van der Waals surface area contributed by atoms with Gasteiger partial charge in [0.05, 0.1) is 4.90 Å². The van der Waals surface area contributed by atoms with Crippen molar-refractivity contribution in [1.82, 2.24) is 14.5 Å². The zero-order valence-corrected chi connectivity index (χ0v) is 19.9. The SMILES string of the molecule is CC1CCCCN1S(=O)(=O)c1cccc(C(=O)NC2CCN(Cc3ccc(F)cc3)CC2)c1. The van der Waals surface area contributed by atoms with E-state index in [0.717, 1.165) is 57.3 Å². The lowest BCUT2D eigenvalue weighted by Crippen LogP contribution is -2.44. The second-order valence-corrected chi connectivity index (χ2v) is 11.0. The molecule has 33 heavy (non-hydrogen) atoms. The molecule has 6 nitrogen and oxygen atoms in total. The van der Waals surface area contributed by atoms with Crippen LogP contribution in [0.15, 0.2) is 53.4 Å². The van der Waals surface area contributed by atoms with E-state index >= 15 is 0 Å². The summed E-state index contributed by atoms with van der Waals surface area (Å²) in [5.74, 6) is -0.474. The third-order valence-corrected chi connectivity index (χ3v) is 8.70. The van der Waals surface area contributed by atoms with Crippen LogP contribution in [-0.4, -0.2) is 55.2 Å². The second kappa shape index (κ2) is 10.3. The summed E-state index contributed by atoms with van der Waals surface area (Å²) in [6.07, 6.45) is 4.40. The maximum absolute atomic E-state index is 13.1. The summed E-state index contributed by atoms with van der Waals surface area (Å²) in [6, 6.07) is 12.9. The highest BCUT2D eigenvalue weighted by Gasteiger charge is 2.31. The van der Waals surface area contributed by atoms with Gasteiger partial charge < -0.3 is 5.32 Å². The standard InChI is InChI=1S/C25H32FN3O3S/c1-19-5-2-3-14-29(19)33(31,32)24-7-4-6-21(17-24)25(30)27-23-12-15-28(16-13-23)18-20-8-10-22(26)11-9-20/h4,6-11,17,19,23H,2-3,5,12-16,18H2,1H3,(H,27,30). The van der Waals surface area contributed by atoms with Crippen molar-refractivity contribution in [3.05, 3.63) is 65.5 Å². The number of piperidine rings is 2. The Morgan fingerprint density at radius 3 is 2.45 bits per heavy atom. The van der Waals surface area contributed by atoms with Crippen LogP contribution in [0.3, 0.4) is 0 Å². The molecule has 2 fully saturated rings. The molecule has 2 aromatic rings. The predicted molar refractivity (Wildman–Crippen MR) is 126 cm³/mol. The van der Waals surface area contributed by atoms with Crippen LogP contribution in [0.2, 0.25) is 0 Å².